The molecule has 106 valence electrons. The second-order valence-corrected chi connectivity index (χ2v) is 5.05. The van der Waals surface area contributed by atoms with Crippen LogP contribution < -0.4 is 5.32 Å². The average molecular weight is 273 g/mol. The topological polar surface area (TPSA) is 32.3 Å². The van der Waals surface area contributed by atoms with Crippen molar-refractivity contribution in [2.75, 3.05) is 0 Å². The highest BCUT2D eigenvalue weighted by atomic mass is 19.2. The lowest BCUT2D eigenvalue weighted by atomic mass is 10.1. The maximum atomic E-state index is 13.5. The first-order valence-electron chi connectivity index (χ1n) is 6.63. The van der Waals surface area contributed by atoms with E-state index in [1.165, 1.54) is 0 Å². The molecule has 0 aromatic heterocycles. The first-order valence-corrected chi connectivity index (χ1v) is 6.63. The van der Waals surface area contributed by atoms with Crippen molar-refractivity contribution in [1.82, 2.24) is 5.32 Å². The largest absolute Gasteiger partial charge is 0.392 e. The molecule has 2 N–H and O–H groups in total. The molecule has 19 heavy (non-hydrogen) atoms. The molecule has 1 saturated carbocycles. The molecule has 0 spiro atoms. The second kappa shape index (κ2) is 6.39. The molecule has 1 aromatic rings. The summed E-state index contributed by atoms with van der Waals surface area (Å²) in [5, 5.41) is 12.9. The summed E-state index contributed by atoms with van der Waals surface area (Å²) in [5.41, 5.74) is 0.0790. The Bertz CT molecular complexity index is 439. The second-order valence-electron chi connectivity index (χ2n) is 5.05. The normalized spacial score (nSPS) is 24.2. The number of aliphatic hydroxyl groups is 1. The van der Waals surface area contributed by atoms with Crippen LogP contribution in [0.4, 0.5) is 13.2 Å². The zero-order valence-electron chi connectivity index (χ0n) is 10.6. The SMILES string of the molecule is OC1CCCCCC1NCc1cc(F)c(F)cc1F. The van der Waals surface area contributed by atoms with E-state index in [9.17, 15) is 18.3 Å². The molecule has 0 heterocycles. The van der Waals surface area contributed by atoms with Crippen LogP contribution in [0.3, 0.4) is 0 Å². The van der Waals surface area contributed by atoms with Gasteiger partial charge in [0.25, 0.3) is 0 Å². The number of halogens is 3. The van der Waals surface area contributed by atoms with E-state index < -0.39 is 23.6 Å². The molecule has 2 nitrogen and oxygen atoms in total. The van der Waals surface area contributed by atoms with Gasteiger partial charge in [-0.1, -0.05) is 19.3 Å². The maximum absolute atomic E-state index is 13.5. The Morgan fingerprint density at radius 1 is 1.00 bits per heavy atom. The molecule has 2 unspecified atom stereocenters. The molecule has 0 radical (unpaired) electrons. The van der Waals surface area contributed by atoms with Crippen LogP contribution in [0.25, 0.3) is 0 Å². The standard InChI is InChI=1S/C14H18F3NO/c15-10-7-12(17)11(16)6-9(10)8-18-13-4-2-1-3-5-14(13)19/h6-7,13-14,18-19H,1-5,8H2. The third-order valence-corrected chi connectivity index (χ3v) is 3.62. The number of nitrogens with one attached hydrogen (secondary N) is 1. The van der Waals surface area contributed by atoms with Crippen LogP contribution in [0.2, 0.25) is 0 Å². The lowest BCUT2D eigenvalue weighted by Crippen LogP contribution is -2.38. The van der Waals surface area contributed by atoms with E-state index in [1.54, 1.807) is 0 Å². The van der Waals surface area contributed by atoms with E-state index >= 15 is 0 Å². The van der Waals surface area contributed by atoms with Crippen molar-refractivity contribution in [3.63, 3.8) is 0 Å². The molecule has 0 amide bonds. The summed E-state index contributed by atoms with van der Waals surface area (Å²) in [4.78, 5) is 0. The highest BCUT2D eigenvalue weighted by molar-refractivity contribution is 5.20. The molecule has 0 aliphatic heterocycles. The van der Waals surface area contributed by atoms with Gasteiger partial charge in [-0.15, -0.1) is 0 Å². The molecule has 1 fully saturated rings. The molecule has 1 aliphatic rings. The number of hydrogen-bond donors (Lipinski definition) is 2. The molecular formula is C14H18F3NO. The van der Waals surface area contributed by atoms with Crippen molar-refractivity contribution in [1.29, 1.82) is 0 Å². The van der Waals surface area contributed by atoms with Gasteiger partial charge in [0.05, 0.1) is 6.10 Å². The Kier molecular flexibility index (Phi) is 4.82. The lowest BCUT2D eigenvalue weighted by molar-refractivity contribution is 0.119. The molecule has 1 aromatic carbocycles. The molecule has 2 rings (SSSR count). The minimum Gasteiger partial charge on any atom is -0.392 e. The molecule has 5 heteroatoms. The van der Waals surface area contributed by atoms with Gasteiger partial charge in [-0.05, 0) is 18.9 Å². The predicted molar refractivity (Wildman–Crippen MR) is 66.0 cm³/mol. The Labute approximate surface area is 110 Å². The third-order valence-electron chi connectivity index (χ3n) is 3.62. The summed E-state index contributed by atoms with van der Waals surface area (Å²) in [5.74, 6) is -3.01. The van der Waals surface area contributed by atoms with Crippen molar-refractivity contribution >= 4 is 0 Å². The number of benzene rings is 1. The number of hydrogen-bond acceptors (Lipinski definition) is 2. The van der Waals surface area contributed by atoms with Crippen LogP contribution >= 0.6 is 0 Å². The molecular weight excluding hydrogens is 255 g/mol. The zero-order valence-corrected chi connectivity index (χ0v) is 10.6. The van der Waals surface area contributed by atoms with E-state index in [1.807, 2.05) is 0 Å². The van der Waals surface area contributed by atoms with Crippen LogP contribution in [0.5, 0.6) is 0 Å². The highest BCUT2D eigenvalue weighted by Gasteiger charge is 2.21. The Hall–Kier alpha value is -1.07. The monoisotopic (exact) mass is 273 g/mol. The third kappa shape index (κ3) is 3.70. The van der Waals surface area contributed by atoms with Crippen molar-refractivity contribution < 1.29 is 18.3 Å². The summed E-state index contributed by atoms with van der Waals surface area (Å²) in [6.45, 7) is 0.0881. The predicted octanol–water partition coefficient (Wildman–Crippen LogP) is 2.89. The van der Waals surface area contributed by atoms with Crippen molar-refractivity contribution in [3.8, 4) is 0 Å². The van der Waals surface area contributed by atoms with Gasteiger partial charge in [-0.3, -0.25) is 0 Å². The van der Waals surface area contributed by atoms with Crippen molar-refractivity contribution in [3.05, 3.63) is 35.1 Å². The van der Waals surface area contributed by atoms with Crippen molar-refractivity contribution in [2.24, 2.45) is 0 Å². The van der Waals surface area contributed by atoms with Gasteiger partial charge in [-0.25, -0.2) is 13.2 Å². The van der Waals surface area contributed by atoms with E-state index in [0.717, 1.165) is 38.2 Å². The lowest BCUT2D eigenvalue weighted by Gasteiger charge is -2.22. The minimum atomic E-state index is -1.18. The van der Waals surface area contributed by atoms with E-state index in [2.05, 4.69) is 5.32 Å². The fourth-order valence-electron chi connectivity index (χ4n) is 2.47. The van der Waals surface area contributed by atoms with E-state index in [-0.39, 0.29) is 18.2 Å². The Morgan fingerprint density at radius 2 is 1.68 bits per heavy atom. The van der Waals surface area contributed by atoms with Gasteiger partial charge in [0.1, 0.15) is 5.82 Å². The quantitative estimate of drug-likeness (QED) is 0.655. The first kappa shape index (κ1) is 14.3. The van der Waals surface area contributed by atoms with Gasteiger partial charge >= 0.3 is 0 Å². The van der Waals surface area contributed by atoms with Crippen LogP contribution in [0, 0.1) is 17.5 Å². The van der Waals surface area contributed by atoms with Gasteiger partial charge < -0.3 is 10.4 Å². The Morgan fingerprint density at radius 3 is 2.47 bits per heavy atom. The maximum Gasteiger partial charge on any atom is 0.161 e. The summed E-state index contributed by atoms with van der Waals surface area (Å²) in [6.07, 6.45) is 4.14. The van der Waals surface area contributed by atoms with Gasteiger partial charge in [0.15, 0.2) is 11.6 Å². The van der Waals surface area contributed by atoms with Crippen molar-refractivity contribution in [2.45, 2.75) is 50.8 Å². The highest BCUT2D eigenvalue weighted by Crippen LogP contribution is 2.19. The number of rotatable bonds is 3. The van der Waals surface area contributed by atoms with Gasteiger partial charge in [0, 0.05) is 24.2 Å². The zero-order chi connectivity index (χ0) is 13.8. The molecule has 0 bridgehead atoms. The van der Waals surface area contributed by atoms with E-state index in [0.29, 0.717) is 6.07 Å². The molecule has 1 aliphatic carbocycles. The fraction of sp³-hybridized carbons (Fsp3) is 0.571. The first-order chi connectivity index (χ1) is 9.08. The fourth-order valence-corrected chi connectivity index (χ4v) is 2.47. The summed E-state index contributed by atoms with van der Waals surface area (Å²) in [6, 6.07) is 1.30. The van der Waals surface area contributed by atoms with Crippen LogP contribution in [0.1, 0.15) is 37.7 Å². The molecule has 2 atom stereocenters. The summed E-state index contributed by atoms with van der Waals surface area (Å²) < 4.78 is 39.3. The van der Waals surface area contributed by atoms with Crippen LogP contribution in [0.15, 0.2) is 12.1 Å². The van der Waals surface area contributed by atoms with Gasteiger partial charge in [-0.2, -0.15) is 0 Å². The Balaban J connectivity index is 1.99. The van der Waals surface area contributed by atoms with Crippen LogP contribution in [-0.2, 0) is 6.54 Å². The van der Waals surface area contributed by atoms with Gasteiger partial charge in [0.2, 0.25) is 0 Å². The summed E-state index contributed by atoms with van der Waals surface area (Å²) >= 11 is 0. The smallest absolute Gasteiger partial charge is 0.161 e. The van der Waals surface area contributed by atoms with E-state index in [4.69, 9.17) is 0 Å². The minimum absolute atomic E-state index is 0.0790. The summed E-state index contributed by atoms with van der Waals surface area (Å²) in [7, 11) is 0. The van der Waals surface area contributed by atoms with Crippen LogP contribution in [-0.4, -0.2) is 17.3 Å². The number of aliphatic hydroxyl groups excluding tert-OH is 1. The average Bonchev–Trinajstić information content (AvgIpc) is 2.57. The molecule has 0 saturated heterocycles.